The third kappa shape index (κ3) is 5.40. The van der Waals surface area contributed by atoms with Crippen LogP contribution in [-0.2, 0) is 22.7 Å². The number of amides is 1. The Balaban J connectivity index is 1.52. The van der Waals surface area contributed by atoms with Crippen molar-refractivity contribution in [3.63, 3.8) is 0 Å². The Morgan fingerprint density at radius 1 is 1.04 bits per heavy atom. The number of carbonyl (C=O) groups excluding carboxylic acids is 1. The number of aromatic nitrogens is 2. The zero-order chi connectivity index (χ0) is 20.0. The van der Waals surface area contributed by atoms with Gasteiger partial charge in [-0.1, -0.05) is 47.1 Å². The van der Waals surface area contributed by atoms with Gasteiger partial charge < -0.3 is 9.84 Å². The summed E-state index contributed by atoms with van der Waals surface area (Å²) in [5.41, 5.74) is 1.10. The Morgan fingerprint density at radius 2 is 1.75 bits per heavy atom. The van der Waals surface area contributed by atoms with Gasteiger partial charge in [0.2, 0.25) is 0 Å². The van der Waals surface area contributed by atoms with Gasteiger partial charge in [-0.2, -0.15) is 4.98 Å². The highest BCUT2D eigenvalue weighted by atomic mass is 35.5. The Morgan fingerprint density at radius 3 is 2.46 bits per heavy atom. The molecule has 0 radical (unpaired) electrons. The molecule has 1 aromatic heterocycles. The van der Waals surface area contributed by atoms with Crippen LogP contribution in [0.5, 0.6) is 0 Å². The first kappa shape index (κ1) is 20.0. The van der Waals surface area contributed by atoms with Crippen molar-refractivity contribution in [2.75, 3.05) is 12.3 Å². The van der Waals surface area contributed by atoms with E-state index in [4.69, 9.17) is 16.1 Å². The van der Waals surface area contributed by atoms with Crippen molar-refractivity contribution in [1.82, 2.24) is 15.5 Å². The maximum atomic E-state index is 12.3. The van der Waals surface area contributed by atoms with Crippen molar-refractivity contribution < 1.29 is 17.7 Å². The molecule has 7 nitrogen and oxygen atoms in total. The Kier molecular flexibility index (Phi) is 6.43. The number of benzene rings is 2. The molecular weight excluding hydrogens is 402 g/mol. The normalized spacial score (nSPS) is 11.3. The second-order valence-electron chi connectivity index (χ2n) is 6.03. The summed E-state index contributed by atoms with van der Waals surface area (Å²) in [6.07, 6.45) is 0.707. The van der Waals surface area contributed by atoms with Gasteiger partial charge in [-0.3, -0.25) is 4.79 Å². The van der Waals surface area contributed by atoms with Crippen LogP contribution in [-0.4, -0.2) is 36.8 Å². The zero-order valence-corrected chi connectivity index (χ0v) is 16.4. The number of rotatable bonds is 8. The Bertz CT molecular complexity index is 1030. The fraction of sp³-hybridized carbons (Fsp3) is 0.211. The molecule has 0 saturated heterocycles. The van der Waals surface area contributed by atoms with Crippen LogP contribution < -0.4 is 5.32 Å². The molecule has 3 aromatic rings. The first-order valence-electron chi connectivity index (χ1n) is 8.57. The van der Waals surface area contributed by atoms with Gasteiger partial charge in [-0.25, -0.2) is 8.42 Å². The number of carbonyl (C=O) groups is 1. The van der Waals surface area contributed by atoms with Crippen LogP contribution in [0.15, 0.2) is 64.0 Å². The monoisotopic (exact) mass is 419 g/mol. The highest BCUT2D eigenvalue weighted by Gasteiger charge is 2.19. The number of nitrogens with one attached hydrogen (secondary N) is 1. The average molecular weight is 420 g/mol. The summed E-state index contributed by atoms with van der Waals surface area (Å²) in [6.45, 7) is 0.422. The topological polar surface area (TPSA) is 102 Å². The summed E-state index contributed by atoms with van der Waals surface area (Å²) in [4.78, 5) is 16.2. The van der Waals surface area contributed by atoms with Crippen LogP contribution >= 0.6 is 11.6 Å². The number of halogens is 1. The molecule has 0 aliphatic heterocycles. The standard InChI is InChI=1S/C19H18ClN3O4S/c20-15-6-8-16(9-7-15)28(25,26)13-11-17-22-19(27-23-17)18(24)21-12-10-14-4-2-1-3-5-14/h1-9H,10-13H2,(H,21,24). The molecule has 0 bridgehead atoms. The Hall–Kier alpha value is -2.71. The van der Waals surface area contributed by atoms with Gasteiger partial charge in [0.25, 0.3) is 0 Å². The quantitative estimate of drug-likeness (QED) is 0.602. The molecule has 0 fully saturated rings. The van der Waals surface area contributed by atoms with E-state index in [-0.39, 0.29) is 28.8 Å². The lowest BCUT2D eigenvalue weighted by atomic mass is 10.1. The number of sulfone groups is 1. The van der Waals surface area contributed by atoms with E-state index in [1.54, 1.807) is 0 Å². The van der Waals surface area contributed by atoms with Crippen LogP contribution in [0, 0.1) is 0 Å². The van der Waals surface area contributed by atoms with Gasteiger partial charge in [0.15, 0.2) is 15.7 Å². The van der Waals surface area contributed by atoms with E-state index < -0.39 is 15.7 Å². The summed E-state index contributed by atoms with van der Waals surface area (Å²) < 4.78 is 29.6. The summed E-state index contributed by atoms with van der Waals surface area (Å²) in [5.74, 6) is -0.726. The van der Waals surface area contributed by atoms with Gasteiger partial charge in [-0.15, -0.1) is 0 Å². The lowest BCUT2D eigenvalue weighted by Gasteiger charge is -2.02. The van der Waals surface area contributed by atoms with E-state index in [2.05, 4.69) is 15.5 Å². The smallest absolute Gasteiger partial charge is 0.315 e. The van der Waals surface area contributed by atoms with E-state index in [1.165, 1.54) is 24.3 Å². The van der Waals surface area contributed by atoms with E-state index in [0.29, 0.717) is 18.0 Å². The lowest BCUT2D eigenvalue weighted by molar-refractivity contribution is 0.0910. The predicted molar refractivity (Wildman–Crippen MR) is 104 cm³/mol. The van der Waals surface area contributed by atoms with E-state index in [0.717, 1.165) is 5.56 Å². The van der Waals surface area contributed by atoms with Crippen molar-refractivity contribution in [2.45, 2.75) is 17.7 Å². The van der Waals surface area contributed by atoms with Gasteiger partial charge in [0.1, 0.15) is 0 Å². The highest BCUT2D eigenvalue weighted by Crippen LogP contribution is 2.16. The van der Waals surface area contributed by atoms with Crippen molar-refractivity contribution in [3.05, 3.63) is 76.9 Å². The summed E-state index contributed by atoms with van der Waals surface area (Å²) in [7, 11) is -3.51. The minimum atomic E-state index is -3.51. The van der Waals surface area contributed by atoms with Crippen molar-refractivity contribution >= 4 is 27.3 Å². The molecule has 0 saturated carbocycles. The fourth-order valence-corrected chi connectivity index (χ4v) is 3.84. The molecule has 9 heteroatoms. The molecule has 0 atom stereocenters. The fourth-order valence-electron chi connectivity index (χ4n) is 2.47. The second-order valence-corrected chi connectivity index (χ2v) is 8.58. The van der Waals surface area contributed by atoms with Gasteiger partial charge >= 0.3 is 11.8 Å². The number of hydrogen-bond donors (Lipinski definition) is 1. The van der Waals surface area contributed by atoms with Crippen molar-refractivity contribution in [1.29, 1.82) is 0 Å². The summed E-state index contributed by atoms with van der Waals surface area (Å²) in [5, 5.41) is 6.84. The number of aryl methyl sites for hydroxylation is 1. The van der Waals surface area contributed by atoms with E-state index in [1.807, 2.05) is 30.3 Å². The lowest BCUT2D eigenvalue weighted by Crippen LogP contribution is -2.26. The third-order valence-electron chi connectivity index (χ3n) is 3.97. The molecule has 1 heterocycles. The Labute approximate surface area is 167 Å². The third-order valence-corrected chi connectivity index (χ3v) is 5.96. The van der Waals surface area contributed by atoms with Crippen LogP contribution in [0.3, 0.4) is 0 Å². The molecule has 2 aromatic carbocycles. The molecule has 0 aliphatic rings. The molecule has 1 amide bonds. The minimum Gasteiger partial charge on any atom is -0.347 e. The summed E-state index contributed by atoms with van der Waals surface area (Å²) >= 11 is 5.77. The van der Waals surface area contributed by atoms with Gasteiger partial charge in [0.05, 0.1) is 10.6 Å². The van der Waals surface area contributed by atoms with Crippen molar-refractivity contribution in [2.24, 2.45) is 0 Å². The molecule has 0 unspecified atom stereocenters. The van der Waals surface area contributed by atoms with Crippen molar-refractivity contribution in [3.8, 4) is 0 Å². The summed E-state index contributed by atoms with van der Waals surface area (Å²) in [6, 6.07) is 15.6. The average Bonchev–Trinajstić information content (AvgIpc) is 3.17. The van der Waals surface area contributed by atoms with Crippen LogP contribution in [0.2, 0.25) is 5.02 Å². The second kappa shape index (κ2) is 8.99. The number of hydrogen-bond acceptors (Lipinski definition) is 6. The van der Waals surface area contributed by atoms with Crippen LogP contribution in [0.25, 0.3) is 0 Å². The maximum Gasteiger partial charge on any atom is 0.315 e. The molecule has 0 spiro atoms. The first-order valence-corrected chi connectivity index (χ1v) is 10.6. The molecule has 1 N–H and O–H groups in total. The molecule has 0 aliphatic carbocycles. The van der Waals surface area contributed by atoms with E-state index >= 15 is 0 Å². The zero-order valence-electron chi connectivity index (χ0n) is 14.8. The number of nitrogens with zero attached hydrogens (tertiary/aromatic N) is 2. The molecule has 28 heavy (non-hydrogen) atoms. The molecule has 146 valence electrons. The molecule has 3 rings (SSSR count). The minimum absolute atomic E-state index is 0.0335. The van der Waals surface area contributed by atoms with Gasteiger partial charge in [0, 0.05) is 18.0 Å². The SMILES string of the molecule is O=C(NCCc1ccccc1)c1nc(CCS(=O)(=O)c2ccc(Cl)cc2)no1. The first-order chi connectivity index (χ1) is 13.4. The molecular formula is C19H18ClN3O4S. The predicted octanol–water partition coefficient (Wildman–Crippen LogP) is 2.71. The van der Waals surface area contributed by atoms with Crippen LogP contribution in [0.4, 0.5) is 0 Å². The van der Waals surface area contributed by atoms with E-state index in [9.17, 15) is 13.2 Å². The highest BCUT2D eigenvalue weighted by molar-refractivity contribution is 7.91. The largest absolute Gasteiger partial charge is 0.347 e. The van der Waals surface area contributed by atoms with Gasteiger partial charge in [-0.05, 0) is 36.2 Å². The van der Waals surface area contributed by atoms with Crippen LogP contribution in [0.1, 0.15) is 22.1 Å². The maximum absolute atomic E-state index is 12.3.